The van der Waals surface area contributed by atoms with Crippen molar-refractivity contribution in [1.82, 2.24) is 0 Å². The highest BCUT2D eigenvalue weighted by molar-refractivity contribution is 7.47. The molecule has 0 aliphatic heterocycles. The normalized spacial score (nSPS) is 13.6. The maximum absolute atomic E-state index is 12.8. The fraction of sp³-hybridized carbons (Fsp3) is 0.708. The van der Waals surface area contributed by atoms with Gasteiger partial charge in [-0.3, -0.25) is 18.6 Å². The summed E-state index contributed by atoms with van der Waals surface area (Å²) in [5.41, 5.74) is 5.42. The molecule has 0 spiro atoms. The summed E-state index contributed by atoms with van der Waals surface area (Å²) >= 11 is 0. The molecule has 10 heteroatoms. The van der Waals surface area contributed by atoms with Crippen LogP contribution in [0.25, 0.3) is 0 Å². The van der Waals surface area contributed by atoms with Crippen molar-refractivity contribution in [2.75, 3.05) is 26.4 Å². The third-order valence-electron chi connectivity index (χ3n) is 17.7. The molecule has 568 valence electrons. The van der Waals surface area contributed by atoms with Crippen LogP contribution in [0, 0.1) is 0 Å². The second-order valence-electron chi connectivity index (χ2n) is 27.2. The van der Waals surface area contributed by atoms with E-state index in [1.54, 1.807) is 0 Å². The second-order valence-corrected chi connectivity index (χ2v) is 28.7. The van der Waals surface area contributed by atoms with Crippen LogP contribution in [0.1, 0.15) is 373 Å². The van der Waals surface area contributed by atoms with Gasteiger partial charge in [0.2, 0.25) is 0 Å². The number of carbonyl (C=O) groups is 2. The van der Waals surface area contributed by atoms with Crippen molar-refractivity contribution in [3.05, 3.63) is 146 Å². The largest absolute Gasteiger partial charge is 0.472 e. The van der Waals surface area contributed by atoms with Gasteiger partial charge >= 0.3 is 19.8 Å². The zero-order chi connectivity index (χ0) is 71.5. The van der Waals surface area contributed by atoms with Crippen LogP contribution < -0.4 is 5.73 Å². The molecule has 3 N–H and O–H groups in total. The van der Waals surface area contributed by atoms with Crippen molar-refractivity contribution >= 4 is 19.8 Å². The van der Waals surface area contributed by atoms with Gasteiger partial charge in [0.1, 0.15) is 6.61 Å². The van der Waals surface area contributed by atoms with Crippen molar-refractivity contribution in [1.29, 1.82) is 0 Å². The Labute approximate surface area is 611 Å². The van der Waals surface area contributed by atoms with Gasteiger partial charge in [0.05, 0.1) is 13.2 Å². The van der Waals surface area contributed by atoms with Gasteiger partial charge < -0.3 is 20.1 Å². The zero-order valence-corrected chi connectivity index (χ0v) is 65.1. The van der Waals surface area contributed by atoms with Gasteiger partial charge in [-0.15, -0.1) is 0 Å². The molecule has 0 aromatic carbocycles. The minimum absolute atomic E-state index is 0.0498. The van der Waals surface area contributed by atoms with E-state index in [9.17, 15) is 19.0 Å². The van der Waals surface area contributed by atoms with Crippen LogP contribution in [0.15, 0.2) is 146 Å². The number of hydrogen-bond acceptors (Lipinski definition) is 8. The van der Waals surface area contributed by atoms with E-state index in [1.165, 1.54) is 225 Å². The fourth-order valence-corrected chi connectivity index (χ4v) is 12.5. The average molecular weight is 1400 g/mol. The van der Waals surface area contributed by atoms with E-state index < -0.39 is 26.5 Å². The highest BCUT2D eigenvalue weighted by Crippen LogP contribution is 2.43. The highest BCUT2D eigenvalue weighted by atomic mass is 31.2. The summed E-state index contributed by atoms with van der Waals surface area (Å²) in [5, 5.41) is 0. The van der Waals surface area contributed by atoms with Gasteiger partial charge in [0, 0.05) is 19.4 Å². The van der Waals surface area contributed by atoms with Gasteiger partial charge in [0.15, 0.2) is 6.10 Å². The molecule has 0 saturated carbocycles. The number of rotatable bonds is 77. The summed E-state index contributed by atoms with van der Waals surface area (Å²) in [5.74, 6) is -0.820. The van der Waals surface area contributed by atoms with Gasteiger partial charge in [-0.05, 0) is 116 Å². The Morgan fingerprint density at radius 2 is 0.525 bits per heavy atom. The topological polar surface area (TPSA) is 134 Å². The lowest BCUT2D eigenvalue weighted by molar-refractivity contribution is -0.161. The molecule has 0 aromatic rings. The van der Waals surface area contributed by atoms with E-state index in [2.05, 4.69) is 160 Å². The molecule has 0 radical (unpaired) electrons. The first-order valence-electron chi connectivity index (χ1n) is 41.3. The molecule has 0 fully saturated rings. The molecule has 99 heavy (non-hydrogen) atoms. The first-order valence-corrected chi connectivity index (χ1v) is 42.8. The number of phosphoric acid groups is 1. The van der Waals surface area contributed by atoms with Crippen LogP contribution in [0.4, 0.5) is 0 Å². The molecule has 0 heterocycles. The summed E-state index contributed by atoms with van der Waals surface area (Å²) < 4.78 is 33.3. The number of phosphoric ester groups is 1. The Kier molecular flexibility index (Phi) is 79.4. The van der Waals surface area contributed by atoms with Crippen LogP contribution >= 0.6 is 7.82 Å². The third-order valence-corrected chi connectivity index (χ3v) is 18.7. The summed E-state index contributed by atoms with van der Waals surface area (Å²) in [6.45, 7) is 3.55. The van der Waals surface area contributed by atoms with Crippen molar-refractivity contribution < 1.29 is 37.6 Å². The van der Waals surface area contributed by atoms with Crippen LogP contribution in [0.5, 0.6) is 0 Å². The standard InChI is InChI=1S/C89H154NO8P/c1-3-5-7-9-11-13-15-17-19-21-23-25-27-29-31-33-35-37-39-41-42-43-44-46-47-49-51-53-55-57-59-61-63-65-67-69-71-73-75-77-79-81-88(91)95-85-87(86-97-99(93,94)96-84-83-90)98-89(92)82-80-78-76-74-72-70-68-66-64-62-60-58-56-54-52-50-48-45-40-38-36-34-32-30-28-26-24-22-20-18-16-14-12-10-8-6-4-2/h5-8,11-14,17-20,23-26,30,32,36,38,45,48,52,54,87H,3-4,9-10,15-16,21-22,27-29,31,33-35,37,39-44,46-47,49-51,53,55-86,90H2,1-2H3,(H,93,94)/b7-5-,8-6-,13-11-,14-12-,19-17-,20-18-,25-23-,26-24-,32-30-,38-36-,48-45-,54-52-. The van der Waals surface area contributed by atoms with Crippen LogP contribution in [0.3, 0.4) is 0 Å². The Bertz CT molecular complexity index is 2150. The molecule has 0 bridgehead atoms. The van der Waals surface area contributed by atoms with Crippen LogP contribution in [-0.4, -0.2) is 49.3 Å². The summed E-state index contributed by atoms with van der Waals surface area (Å²) in [6, 6.07) is 0. The minimum Gasteiger partial charge on any atom is -0.462 e. The monoisotopic (exact) mass is 1400 g/mol. The lowest BCUT2D eigenvalue weighted by Gasteiger charge is -2.19. The first kappa shape index (κ1) is 94.9. The van der Waals surface area contributed by atoms with Gasteiger partial charge in [-0.1, -0.05) is 391 Å². The van der Waals surface area contributed by atoms with E-state index in [0.717, 1.165) is 116 Å². The maximum Gasteiger partial charge on any atom is 0.472 e. The summed E-state index contributed by atoms with van der Waals surface area (Å²) in [6.07, 6.45) is 120. The number of ether oxygens (including phenoxy) is 2. The number of allylic oxidation sites excluding steroid dienone is 24. The number of carbonyl (C=O) groups excluding carboxylic acids is 2. The van der Waals surface area contributed by atoms with E-state index in [4.69, 9.17) is 24.3 Å². The molecular weight excluding hydrogens is 1240 g/mol. The molecule has 0 saturated heterocycles. The molecule has 0 aliphatic carbocycles. The van der Waals surface area contributed by atoms with Gasteiger partial charge in [-0.25, -0.2) is 4.57 Å². The van der Waals surface area contributed by atoms with E-state index in [0.29, 0.717) is 6.42 Å². The highest BCUT2D eigenvalue weighted by Gasteiger charge is 2.26. The molecule has 2 unspecified atom stereocenters. The van der Waals surface area contributed by atoms with Crippen molar-refractivity contribution in [3.8, 4) is 0 Å². The summed E-state index contributed by atoms with van der Waals surface area (Å²) in [7, 11) is -4.40. The SMILES string of the molecule is CC/C=C\C/C=C\C/C=C\C/C=C\C/C=C\C/C=C\C/C=C\C/C=C\CCCCCCCCCCCCCCC(=O)OC(COC(=O)CCCCCCCCCCCCCCCCCCCCCCCCCCCCCC/C=C\C/C=C\C/C=C\C/C=C\CC)COP(=O)(O)OCCN. The Hall–Kier alpha value is -4.11. The lowest BCUT2D eigenvalue weighted by atomic mass is 10.0. The van der Waals surface area contributed by atoms with Gasteiger partial charge in [-0.2, -0.15) is 0 Å². The molecule has 2 atom stereocenters. The first-order chi connectivity index (χ1) is 48.8. The fourth-order valence-electron chi connectivity index (χ4n) is 11.7. The van der Waals surface area contributed by atoms with E-state index in [1.807, 2.05) is 0 Å². The zero-order valence-electron chi connectivity index (χ0n) is 64.2. The molecular formula is C89H154NO8P. The third kappa shape index (κ3) is 82.7. The Morgan fingerprint density at radius 1 is 0.303 bits per heavy atom. The summed E-state index contributed by atoms with van der Waals surface area (Å²) in [4.78, 5) is 35.5. The minimum atomic E-state index is -4.40. The van der Waals surface area contributed by atoms with Crippen molar-refractivity contribution in [3.63, 3.8) is 0 Å². The molecule has 9 nitrogen and oxygen atoms in total. The van der Waals surface area contributed by atoms with Crippen molar-refractivity contribution in [2.45, 2.75) is 380 Å². The van der Waals surface area contributed by atoms with Crippen LogP contribution in [0.2, 0.25) is 0 Å². The smallest absolute Gasteiger partial charge is 0.462 e. The quantitative estimate of drug-likeness (QED) is 0.0264. The molecule has 0 aliphatic rings. The lowest BCUT2D eigenvalue weighted by Crippen LogP contribution is -2.29. The molecule has 0 amide bonds. The second kappa shape index (κ2) is 82.8. The predicted molar refractivity (Wildman–Crippen MR) is 431 cm³/mol. The Balaban J connectivity index is 3.80. The average Bonchev–Trinajstić information content (AvgIpc) is 1.64. The predicted octanol–water partition coefficient (Wildman–Crippen LogP) is 28.1. The Morgan fingerprint density at radius 3 is 0.778 bits per heavy atom. The van der Waals surface area contributed by atoms with E-state index >= 15 is 0 Å². The number of hydrogen-bond donors (Lipinski definition) is 2. The number of unbranched alkanes of at least 4 members (excludes halogenated alkanes) is 40. The maximum atomic E-state index is 12.8. The number of esters is 2. The number of nitrogens with two attached hydrogens (primary N) is 1. The van der Waals surface area contributed by atoms with E-state index in [-0.39, 0.29) is 38.6 Å². The molecule has 0 rings (SSSR count). The van der Waals surface area contributed by atoms with Crippen LogP contribution in [-0.2, 0) is 32.7 Å². The molecule has 0 aromatic heterocycles. The van der Waals surface area contributed by atoms with Gasteiger partial charge in [0.25, 0.3) is 0 Å². The van der Waals surface area contributed by atoms with Crippen molar-refractivity contribution in [2.24, 2.45) is 5.73 Å².